The van der Waals surface area contributed by atoms with Gasteiger partial charge in [-0.3, -0.25) is 0 Å². The second-order valence-electron chi connectivity index (χ2n) is 5.36. The molecule has 0 saturated carbocycles. The average Bonchev–Trinajstić information content (AvgIpc) is 2.37. The van der Waals surface area contributed by atoms with Crippen molar-refractivity contribution in [1.29, 1.82) is 0 Å². The number of carboxylic acids is 1. The molecule has 112 valence electrons. The normalized spacial score (nSPS) is 12.3. The lowest BCUT2D eigenvalue weighted by Gasteiger charge is -2.10. The van der Waals surface area contributed by atoms with E-state index < -0.39 is 5.97 Å². The number of aliphatic hydroxyl groups is 1. The van der Waals surface area contributed by atoms with Crippen LogP contribution in [0.3, 0.4) is 0 Å². The third kappa shape index (κ3) is 12.0. The van der Waals surface area contributed by atoms with Gasteiger partial charge >= 0.3 is 5.97 Å². The van der Waals surface area contributed by atoms with Gasteiger partial charge in [0.05, 0.1) is 6.10 Å². The summed E-state index contributed by atoms with van der Waals surface area (Å²) in [6.45, 7) is 5.70. The maximum absolute atomic E-state index is 10.5. The summed E-state index contributed by atoms with van der Waals surface area (Å²) >= 11 is 0. The fourth-order valence-electron chi connectivity index (χ4n) is 2.14. The zero-order valence-corrected chi connectivity index (χ0v) is 12.4. The van der Waals surface area contributed by atoms with Gasteiger partial charge in [-0.15, -0.1) is 0 Å². The molecule has 0 aliphatic carbocycles. The van der Waals surface area contributed by atoms with Gasteiger partial charge in [-0.1, -0.05) is 58.4 Å². The van der Waals surface area contributed by atoms with Crippen LogP contribution in [-0.2, 0) is 4.79 Å². The van der Waals surface area contributed by atoms with Crippen LogP contribution in [0.1, 0.15) is 77.6 Å². The molecule has 19 heavy (non-hydrogen) atoms. The molecule has 3 heteroatoms. The quantitative estimate of drug-likeness (QED) is 0.387. The number of aliphatic carboxylic acids is 1. The number of unbranched alkanes of at least 4 members (excludes halogenated alkanes) is 6. The minimum atomic E-state index is -0.929. The van der Waals surface area contributed by atoms with Gasteiger partial charge in [0.1, 0.15) is 0 Å². The van der Waals surface area contributed by atoms with E-state index in [9.17, 15) is 9.90 Å². The lowest BCUT2D eigenvalue weighted by atomic mass is 10.0. The SMILES string of the molecule is C=C(CCCC(O)CCCCCCCCC)C(=O)O. The monoisotopic (exact) mass is 270 g/mol. The number of carboxylic acid groups (broad SMARTS) is 1. The molecule has 0 aliphatic rings. The van der Waals surface area contributed by atoms with E-state index in [1.54, 1.807) is 0 Å². The molecule has 0 aromatic heterocycles. The van der Waals surface area contributed by atoms with Crippen LogP contribution in [0.25, 0.3) is 0 Å². The molecule has 0 spiro atoms. The van der Waals surface area contributed by atoms with Crippen molar-refractivity contribution in [3.05, 3.63) is 12.2 Å². The van der Waals surface area contributed by atoms with E-state index in [2.05, 4.69) is 13.5 Å². The molecular weight excluding hydrogens is 240 g/mol. The summed E-state index contributed by atoms with van der Waals surface area (Å²) in [5.74, 6) is -0.929. The summed E-state index contributed by atoms with van der Waals surface area (Å²) in [4.78, 5) is 10.5. The van der Waals surface area contributed by atoms with Crippen LogP contribution in [0.4, 0.5) is 0 Å². The molecule has 0 fully saturated rings. The van der Waals surface area contributed by atoms with Gasteiger partial charge in [0.2, 0.25) is 0 Å². The third-order valence-electron chi connectivity index (χ3n) is 3.46. The summed E-state index contributed by atoms with van der Waals surface area (Å²) in [5, 5.41) is 18.4. The predicted octanol–water partition coefficient (Wildman–Crippen LogP) is 4.30. The van der Waals surface area contributed by atoms with Crippen molar-refractivity contribution in [1.82, 2.24) is 0 Å². The number of carbonyl (C=O) groups is 1. The number of aliphatic hydroxyl groups excluding tert-OH is 1. The maximum atomic E-state index is 10.5. The lowest BCUT2D eigenvalue weighted by molar-refractivity contribution is -0.132. The fraction of sp³-hybridized carbons (Fsp3) is 0.812. The zero-order valence-electron chi connectivity index (χ0n) is 12.4. The Labute approximate surface area is 117 Å². The third-order valence-corrected chi connectivity index (χ3v) is 3.46. The predicted molar refractivity (Wildman–Crippen MR) is 79.2 cm³/mol. The Balaban J connectivity index is 3.32. The smallest absolute Gasteiger partial charge is 0.330 e. The van der Waals surface area contributed by atoms with E-state index in [-0.39, 0.29) is 11.7 Å². The van der Waals surface area contributed by atoms with Crippen LogP contribution in [0.2, 0.25) is 0 Å². The van der Waals surface area contributed by atoms with Crippen molar-refractivity contribution in [2.75, 3.05) is 0 Å². The first-order valence-corrected chi connectivity index (χ1v) is 7.67. The Kier molecular flexibility index (Phi) is 11.7. The van der Waals surface area contributed by atoms with Crippen LogP contribution in [-0.4, -0.2) is 22.3 Å². The van der Waals surface area contributed by atoms with Crippen molar-refractivity contribution in [3.8, 4) is 0 Å². The second-order valence-corrected chi connectivity index (χ2v) is 5.36. The van der Waals surface area contributed by atoms with Crippen LogP contribution in [0.15, 0.2) is 12.2 Å². The molecule has 0 aliphatic heterocycles. The summed E-state index contributed by atoms with van der Waals surface area (Å²) in [6, 6.07) is 0. The standard InChI is InChI=1S/C16H30O3/c1-3-4-5-6-7-8-9-12-15(17)13-10-11-14(2)16(18)19/h15,17H,2-13H2,1H3,(H,18,19). The number of hydrogen-bond acceptors (Lipinski definition) is 2. The van der Waals surface area contributed by atoms with Crippen LogP contribution in [0, 0.1) is 0 Å². The minimum absolute atomic E-state index is 0.239. The Morgan fingerprint density at radius 2 is 1.53 bits per heavy atom. The lowest BCUT2D eigenvalue weighted by Crippen LogP contribution is -2.07. The van der Waals surface area contributed by atoms with E-state index in [4.69, 9.17) is 5.11 Å². The van der Waals surface area contributed by atoms with Gasteiger partial charge in [-0.25, -0.2) is 4.79 Å². The second kappa shape index (κ2) is 12.2. The van der Waals surface area contributed by atoms with E-state index in [1.807, 2.05) is 0 Å². The van der Waals surface area contributed by atoms with Crippen LogP contribution >= 0.6 is 0 Å². The van der Waals surface area contributed by atoms with E-state index in [0.717, 1.165) is 12.8 Å². The van der Waals surface area contributed by atoms with Crippen molar-refractivity contribution in [2.24, 2.45) is 0 Å². The summed E-state index contributed by atoms with van der Waals surface area (Å²) in [5.41, 5.74) is 0.239. The Morgan fingerprint density at radius 1 is 1.00 bits per heavy atom. The Morgan fingerprint density at radius 3 is 2.11 bits per heavy atom. The first-order chi connectivity index (χ1) is 9.07. The molecule has 0 radical (unpaired) electrons. The van der Waals surface area contributed by atoms with Gasteiger partial charge in [0.15, 0.2) is 0 Å². The van der Waals surface area contributed by atoms with Gasteiger partial charge in [0.25, 0.3) is 0 Å². The maximum Gasteiger partial charge on any atom is 0.330 e. The molecule has 0 rings (SSSR count). The highest BCUT2D eigenvalue weighted by molar-refractivity contribution is 5.85. The van der Waals surface area contributed by atoms with Crippen molar-refractivity contribution < 1.29 is 15.0 Å². The zero-order chi connectivity index (χ0) is 14.5. The number of hydrogen-bond donors (Lipinski definition) is 2. The average molecular weight is 270 g/mol. The van der Waals surface area contributed by atoms with Gasteiger partial charge in [0, 0.05) is 5.57 Å². The Hall–Kier alpha value is -0.830. The van der Waals surface area contributed by atoms with Crippen LogP contribution < -0.4 is 0 Å². The van der Waals surface area contributed by atoms with E-state index in [1.165, 1.54) is 38.5 Å². The highest BCUT2D eigenvalue weighted by atomic mass is 16.4. The minimum Gasteiger partial charge on any atom is -0.478 e. The molecule has 1 unspecified atom stereocenters. The first kappa shape index (κ1) is 18.2. The van der Waals surface area contributed by atoms with E-state index >= 15 is 0 Å². The topological polar surface area (TPSA) is 57.5 Å². The molecule has 0 heterocycles. The van der Waals surface area contributed by atoms with Crippen molar-refractivity contribution in [3.63, 3.8) is 0 Å². The highest BCUT2D eigenvalue weighted by Crippen LogP contribution is 2.14. The van der Waals surface area contributed by atoms with Gasteiger partial charge < -0.3 is 10.2 Å². The first-order valence-electron chi connectivity index (χ1n) is 7.67. The van der Waals surface area contributed by atoms with Crippen molar-refractivity contribution >= 4 is 5.97 Å². The van der Waals surface area contributed by atoms with Crippen LogP contribution in [0.5, 0.6) is 0 Å². The molecule has 0 aromatic carbocycles. The summed E-state index contributed by atoms with van der Waals surface area (Å²) < 4.78 is 0. The summed E-state index contributed by atoms with van der Waals surface area (Å²) in [7, 11) is 0. The molecule has 2 N–H and O–H groups in total. The van der Waals surface area contributed by atoms with Gasteiger partial charge in [-0.2, -0.15) is 0 Å². The molecule has 0 aromatic rings. The molecular formula is C16H30O3. The summed E-state index contributed by atoms with van der Waals surface area (Å²) in [6.07, 6.45) is 11.2. The van der Waals surface area contributed by atoms with Gasteiger partial charge in [-0.05, 0) is 25.7 Å². The fourth-order valence-corrected chi connectivity index (χ4v) is 2.14. The molecule has 0 bridgehead atoms. The van der Waals surface area contributed by atoms with E-state index in [0.29, 0.717) is 19.3 Å². The highest BCUT2D eigenvalue weighted by Gasteiger charge is 2.07. The Bertz CT molecular complexity index is 248. The molecule has 0 saturated heterocycles. The largest absolute Gasteiger partial charge is 0.478 e. The van der Waals surface area contributed by atoms with Crippen molar-refractivity contribution in [2.45, 2.75) is 83.7 Å². The molecule has 1 atom stereocenters. The molecule has 0 amide bonds. The molecule has 3 nitrogen and oxygen atoms in total. The number of rotatable bonds is 13.